The molecule has 0 aliphatic heterocycles. The minimum absolute atomic E-state index is 0.151. The lowest BCUT2D eigenvalue weighted by Crippen LogP contribution is -2.43. The van der Waals surface area contributed by atoms with Crippen LogP contribution in [-0.2, 0) is 11.3 Å². The molecule has 30 heavy (non-hydrogen) atoms. The van der Waals surface area contributed by atoms with Crippen molar-refractivity contribution in [1.29, 1.82) is 0 Å². The van der Waals surface area contributed by atoms with E-state index in [9.17, 15) is 14.4 Å². The Kier molecular flexibility index (Phi) is 6.10. The van der Waals surface area contributed by atoms with Gasteiger partial charge in [-0.1, -0.05) is 48.7 Å². The Balaban J connectivity index is 1.79. The summed E-state index contributed by atoms with van der Waals surface area (Å²) in [4.78, 5) is 43.6. The van der Waals surface area contributed by atoms with Crippen LogP contribution in [0.4, 0.5) is 0 Å². The molecule has 2 heterocycles. The van der Waals surface area contributed by atoms with Crippen LogP contribution in [0.25, 0.3) is 16.0 Å². The van der Waals surface area contributed by atoms with Gasteiger partial charge in [0.15, 0.2) is 9.99 Å². The zero-order chi connectivity index (χ0) is 21.3. The molecule has 1 N–H and O–H groups in total. The minimum atomic E-state index is -0.548. The highest BCUT2D eigenvalue weighted by atomic mass is 32.2. The third-order valence-corrected chi connectivity index (χ3v) is 7.42. The van der Waals surface area contributed by atoms with E-state index >= 15 is 0 Å². The van der Waals surface area contributed by atoms with Gasteiger partial charge < -0.3 is 5.32 Å². The van der Waals surface area contributed by atoms with Crippen LogP contribution < -0.4 is 16.6 Å². The Labute approximate surface area is 182 Å². The smallest absolute Gasteiger partial charge is 0.337 e. The molecule has 1 aromatic carbocycles. The average Bonchev–Trinajstić information content (AvgIpc) is 3.18. The molecule has 1 aliphatic carbocycles. The largest absolute Gasteiger partial charge is 0.352 e. The van der Waals surface area contributed by atoms with E-state index in [4.69, 9.17) is 0 Å². The topological polar surface area (TPSA) is 86.0 Å². The summed E-state index contributed by atoms with van der Waals surface area (Å²) in [7, 11) is 0. The number of nitrogens with zero attached hydrogens (tertiary/aromatic N) is 3. The summed E-state index contributed by atoms with van der Waals surface area (Å²) in [5, 5.41) is 3.05. The molecule has 1 aliphatic rings. The number of carbonyl (C=O) groups is 1. The van der Waals surface area contributed by atoms with Crippen LogP contribution in [0.15, 0.2) is 38.2 Å². The summed E-state index contributed by atoms with van der Waals surface area (Å²) in [6.45, 7) is 1.78. The first-order chi connectivity index (χ1) is 14.5. The van der Waals surface area contributed by atoms with Crippen LogP contribution in [0.3, 0.4) is 0 Å². The first kappa shape index (κ1) is 20.9. The van der Waals surface area contributed by atoms with E-state index < -0.39 is 11.2 Å². The molecule has 0 radical (unpaired) electrons. The number of rotatable bonds is 5. The van der Waals surface area contributed by atoms with Crippen molar-refractivity contribution in [1.82, 2.24) is 19.4 Å². The van der Waals surface area contributed by atoms with Crippen molar-refractivity contribution in [3.05, 3.63) is 50.7 Å². The number of thioether (sulfide) groups is 1. The molecule has 4 rings (SSSR count). The Morgan fingerprint density at radius 1 is 1.20 bits per heavy atom. The van der Waals surface area contributed by atoms with Gasteiger partial charge in [-0.2, -0.15) is 0 Å². The number of benzene rings is 1. The van der Waals surface area contributed by atoms with E-state index in [2.05, 4.69) is 10.3 Å². The number of aromatic nitrogens is 3. The highest BCUT2D eigenvalue weighted by Gasteiger charge is 2.22. The molecular weight excluding hydrogens is 420 g/mol. The Hall–Kier alpha value is -2.39. The zero-order valence-electron chi connectivity index (χ0n) is 17.0. The van der Waals surface area contributed by atoms with E-state index in [-0.39, 0.29) is 24.1 Å². The Bertz CT molecular complexity index is 1190. The van der Waals surface area contributed by atoms with Crippen LogP contribution >= 0.6 is 23.1 Å². The van der Waals surface area contributed by atoms with Gasteiger partial charge in [-0.3, -0.25) is 14.2 Å². The third-order valence-electron chi connectivity index (χ3n) is 5.40. The normalized spacial score (nSPS) is 14.9. The van der Waals surface area contributed by atoms with E-state index in [0.29, 0.717) is 14.7 Å². The van der Waals surface area contributed by atoms with E-state index in [0.717, 1.165) is 35.8 Å². The molecule has 0 spiro atoms. The molecule has 0 saturated heterocycles. The molecular formula is C21H24N4O3S2. The third kappa shape index (κ3) is 4.09. The summed E-state index contributed by atoms with van der Waals surface area (Å²) in [6.07, 6.45) is 7.21. The summed E-state index contributed by atoms with van der Waals surface area (Å²) in [5.74, 6) is -0.224. The fourth-order valence-electron chi connectivity index (χ4n) is 3.83. The molecule has 1 amide bonds. The van der Waals surface area contributed by atoms with Gasteiger partial charge in [0.05, 0.1) is 5.69 Å². The quantitative estimate of drug-likeness (QED) is 0.611. The highest BCUT2D eigenvalue weighted by molar-refractivity contribution is 8.00. The Morgan fingerprint density at radius 2 is 1.90 bits per heavy atom. The van der Waals surface area contributed by atoms with Crippen molar-refractivity contribution < 1.29 is 4.79 Å². The second-order valence-corrected chi connectivity index (χ2v) is 9.64. The summed E-state index contributed by atoms with van der Waals surface area (Å²) in [5.41, 5.74) is 0.843. The maximum atomic E-state index is 13.3. The standard InChI is InChI=1S/C21H24N4O3S2/c1-13-8-10-15(11-9-13)25-19(27)17-18(23-20(29-2)30-17)24(21(25)28)12-16(26)22-14-6-4-3-5-7-14/h8-11,14H,3-7,12H2,1-2H3,(H,22,26). The van der Waals surface area contributed by atoms with Crippen molar-refractivity contribution in [2.45, 2.75) is 56.0 Å². The molecule has 0 atom stereocenters. The zero-order valence-corrected chi connectivity index (χ0v) is 18.6. The SMILES string of the molecule is CSc1nc2c(s1)c(=O)n(-c1ccc(C)cc1)c(=O)n2CC(=O)NC1CCCCC1. The van der Waals surface area contributed by atoms with Crippen LogP contribution in [0.5, 0.6) is 0 Å². The molecule has 0 bridgehead atoms. The van der Waals surface area contributed by atoms with E-state index in [1.54, 1.807) is 12.1 Å². The number of nitrogens with one attached hydrogen (secondary N) is 1. The lowest BCUT2D eigenvalue weighted by Gasteiger charge is -2.23. The second-order valence-electron chi connectivity index (χ2n) is 7.58. The first-order valence-electron chi connectivity index (χ1n) is 10.0. The molecule has 9 heteroatoms. The van der Waals surface area contributed by atoms with E-state index in [1.807, 2.05) is 25.3 Å². The molecule has 2 aromatic heterocycles. The van der Waals surface area contributed by atoms with Crippen LogP contribution in [0.2, 0.25) is 0 Å². The van der Waals surface area contributed by atoms with Crippen LogP contribution in [0, 0.1) is 6.92 Å². The minimum Gasteiger partial charge on any atom is -0.352 e. The number of hydrogen-bond donors (Lipinski definition) is 1. The van der Waals surface area contributed by atoms with Gasteiger partial charge in [0, 0.05) is 6.04 Å². The number of hydrogen-bond acceptors (Lipinski definition) is 6. The summed E-state index contributed by atoms with van der Waals surface area (Å²) >= 11 is 2.66. The number of aryl methyl sites for hydroxylation is 1. The maximum absolute atomic E-state index is 13.3. The maximum Gasteiger partial charge on any atom is 0.337 e. The van der Waals surface area contributed by atoms with Crippen LogP contribution in [-0.4, -0.2) is 32.3 Å². The number of fused-ring (bicyclic) bond motifs is 1. The number of carbonyl (C=O) groups excluding carboxylic acids is 1. The molecule has 7 nitrogen and oxygen atoms in total. The van der Waals surface area contributed by atoms with Crippen molar-refractivity contribution >= 4 is 39.4 Å². The van der Waals surface area contributed by atoms with Gasteiger partial charge in [-0.15, -0.1) is 11.3 Å². The molecule has 1 saturated carbocycles. The lowest BCUT2D eigenvalue weighted by atomic mass is 9.95. The molecule has 1 fully saturated rings. The van der Waals surface area contributed by atoms with Gasteiger partial charge in [0.1, 0.15) is 11.2 Å². The molecule has 158 valence electrons. The lowest BCUT2D eigenvalue weighted by molar-refractivity contribution is -0.122. The predicted octanol–water partition coefficient (Wildman–Crippen LogP) is 3.09. The van der Waals surface area contributed by atoms with Crippen molar-refractivity contribution in [2.24, 2.45) is 0 Å². The summed E-state index contributed by atoms with van der Waals surface area (Å²) < 4.78 is 3.53. The van der Waals surface area contributed by atoms with Gasteiger partial charge >= 0.3 is 5.69 Å². The van der Waals surface area contributed by atoms with Gasteiger partial charge in [0.2, 0.25) is 5.91 Å². The predicted molar refractivity (Wildman–Crippen MR) is 121 cm³/mol. The average molecular weight is 445 g/mol. The molecule has 0 unspecified atom stereocenters. The second kappa shape index (κ2) is 8.77. The fourth-order valence-corrected chi connectivity index (χ4v) is 5.32. The van der Waals surface area contributed by atoms with Crippen molar-refractivity contribution in [3.63, 3.8) is 0 Å². The number of amides is 1. The van der Waals surface area contributed by atoms with Crippen molar-refractivity contribution in [2.75, 3.05) is 6.26 Å². The van der Waals surface area contributed by atoms with Gasteiger partial charge in [-0.25, -0.2) is 14.3 Å². The van der Waals surface area contributed by atoms with Gasteiger partial charge in [0.25, 0.3) is 5.56 Å². The summed E-state index contributed by atoms with van der Waals surface area (Å²) in [6, 6.07) is 7.34. The van der Waals surface area contributed by atoms with Crippen molar-refractivity contribution in [3.8, 4) is 5.69 Å². The fraction of sp³-hybridized carbons (Fsp3) is 0.429. The first-order valence-corrected chi connectivity index (χ1v) is 12.1. The van der Waals surface area contributed by atoms with Crippen LogP contribution in [0.1, 0.15) is 37.7 Å². The molecule has 3 aromatic rings. The van der Waals surface area contributed by atoms with E-state index in [1.165, 1.54) is 34.1 Å². The van der Waals surface area contributed by atoms with Gasteiger partial charge in [-0.05, 0) is 38.2 Å². The highest BCUT2D eigenvalue weighted by Crippen LogP contribution is 2.25. The Morgan fingerprint density at radius 3 is 2.57 bits per heavy atom. The number of thiazole rings is 1. The monoisotopic (exact) mass is 444 g/mol.